The highest BCUT2D eigenvalue weighted by atomic mass is 16.3. The lowest BCUT2D eigenvalue weighted by Crippen LogP contribution is -2.14. The summed E-state index contributed by atoms with van der Waals surface area (Å²) < 4.78 is 0. The monoisotopic (exact) mass is 370 g/mol. The van der Waals surface area contributed by atoms with Gasteiger partial charge in [-0.1, -0.05) is 90.1 Å². The number of benzene rings is 3. The molecule has 0 saturated heterocycles. The molecule has 1 aliphatic carbocycles. The fourth-order valence-electron chi connectivity index (χ4n) is 4.34. The van der Waals surface area contributed by atoms with E-state index in [-0.39, 0.29) is 10.8 Å². The van der Waals surface area contributed by atoms with E-state index in [1.54, 1.807) is 6.07 Å². The summed E-state index contributed by atoms with van der Waals surface area (Å²) in [6, 6.07) is 19.2. The molecule has 1 heteroatoms. The number of rotatable bonds is 1. The molecule has 28 heavy (non-hydrogen) atoms. The van der Waals surface area contributed by atoms with Gasteiger partial charge < -0.3 is 5.11 Å². The van der Waals surface area contributed by atoms with Crippen LogP contribution in [0.2, 0.25) is 0 Å². The lowest BCUT2D eigenvalue weighted by Gasteiger charge is -2.26. The molecule has 0 spiro atoms. The minimum atomic E-state index is -0.00199. The van der Waals surface area contributed by atoms with Gasteiger partial charge in [-0.05, 0) is 62.3 Å². The molecule has 3 aromatic carbocycles. The maximum absolute atomic E-state index is 10.7. The Balaban J connectivity index is 2.00. The van der Waals surface area contributed by atoms with Crippen molar-refractivity contribution in [3.63, 3.8) is 0 Å². The molecule has 1 aliphatic rings. The van der Waals surface area contributed by atoms with Crippen LogP contribution in [0.3, 0.4) is 0 Å². The zero-order chi connectivity index (χ0) is 20.3. The minimum Gasteiger partial charge on any atom is -0.507 e. The third-order valence-corrected chi connectivity index (χ3v) is 5.93. The van der Waals surface area contributed by atoms with Crippen molar-refractivity contribution in [2.75, 3.05) is 0 Å². The average molecular weight is 371 g/mol. The molecular formula is C27H30O. The van der Waals surface area contributed by atoms with Gasteiger partial charge in [-0.2, -0.15) is 0 Å². The van der Waals surface area contributed by atoms with Crippen LogP contribution in [0.25, 0.3) is 22.3 Å². The molecule has 0 unspecified atom stereocenters. The predicted octanol–water partition coefficient (Wildman–Crippen LogP) is 7.23. The number of para-hydroxylation sites is 1. The van der Waals surface area contributed by atoms with Crippen molar-refractivity contribution in [1.82, 2.24) is 0 Å². The van der Waals surface area contributed by atoms with Gasteiger partial charge in [0, 0.05) is 5.56 Å². The highest BCUT2D eigenvalue weighted by Gasteiger charge is 2.29. The van der Waals surface area contributed by atoms with Crippen molar-refractivity contribution in [2.45, 2.75) is 58.8 Å². The van der Waals surface area contributed by atoms with Crippen molar-refractivity contribution >= 4 is 0 Å². The first-order valence-corrected chi connectivity index (χ1v) is 10.2. The van der Waals surface area contributed by atoms with E-state index < -0.39 is 0 Å². The number of fused-ring (bicyclic) bond motifs is 3. The van der Waals surface area contributed by atoms with Crippen molar-refractivity contribution in [2.24, 2.45) is 0 Å². The van der Waals surface area contributed by atoms with E-state index in [1.165, 1.54) is 38.9 Å². The number of aromatic hydroxyl groups is 1. The van der Waals surface area contributed by atoms with Crippen LogP contribution in [0.5, 0.6) is 5.75 Å². The van der Waals surface area contributed by atoms with Crippen LogP contribution < -0.4 is 0 Å². The standard InChI is InChI=1S/C27H30O/c1-26(2,3)18-12-11-17-15-22-19(21(17)16-18)13-14-23(27(4,5)6)25(22)20-9-7-8-10-24(20)28/h7-14,16,28H,15H2,1-6H3. The van der Waals surface area contributed by atoms with Crippen molar-refractivity contribution in [1.29, 1.82) is 0 Å². The number of phenolic OH excluding ortho intramolecular Hbond substituents is 1. The Hall–Kier alpha value is -2.54. The van der Waals surface area contributed by atoms with Gasteiger partial charge in [0.05, 0.1) is 0 Å². The van der Waals surface area contributed by atoms with Crippen molar-refractivity contribution in [3.8, 4) is 28.0 Å². The van der Waals surface area contributed by atoms with Crippen LogP contribution in [0, 0.1) is 0 Å². The second-order valence-corrected chi connectivity index (χ2v) is 10.1. The van der Waals surface area contributed by atoms with E-state index in [9.17, 15) is 5.11 Å². The first kappa shape index (κ1) is 18.8. The van der Waals surface area contributed by atoms with Crippen LogP contribution in [0.4, 0.5) is 0 Å². The molecule has 1 N–H and O–H groups in total. The number of hydrogen-bond donors (Lipinski definition) is 1. The van der Waals surface area contributed by atoms with Crippen LogP contribution in [0.1, 0.15) is 63.8 Å². The summed E-state index contributed by atoms with van der Waals surface area (Å²) in [5.41, 5.74) is 10.3. The molecule has 0 fully saturated rings. The lowest BCUT2D eigenvalue weighted by atomic mass is 9.78. The van der Waals surface area contributed by atoms with Crippen molar-refractivity contribution < 1.29 is 5.11 Å². The summed E-state index contributed by atoms with van der Waals surface area (Å²) in [4.78, 5) is 0. The Bertz CT molecular complexity index is 1060. The van der Waals surface area contributed by atoms with E-state index in [4.69, 9.17) is 0 Å². The quantitative estimate of drug-likeness (QED) is 0.375. The van der Waals surface area contributed by atoms with Gasteiger partial charge in [-0.3, -0.25) is 0 Å². The summed E-state index contributed by atoms with van der Waals surface area (Å²) in [6.45, 7) is 13.5. The minimum absolute atomic E-state index is 0.00199. The predicted molar refractivity (Wildman–Crippen MR) is 119 cm³/mol. The van der Waals surface area contributed by atoms with E-state index in [0.717, 1.165) is 12.0 Å². The molecule has 4 rings (SSSR count). The molecule has 0 heterocycles. The largest absolute Gasteiger partial charge is 0.507 e. The normalized spacial score (nSPS) is 13.4. The fraction of sp³-hybridized carbons (Fsp3) is 0.333. The molecule has 0 bridgehead atoms. The van der Waals surface area contributed by atoms with E-state index in [1.807, 2.05) is 18.2 Å². The fourth-order valence-corrected chi connectivity index (χ4v) is 4.34. The molecular weight excluding hydrogens is 340 g/mol. The maximum Gasteiger partial charge on any atom is 0.123 e. The number of phenols is 1. The lowest BCUT2D eigenvalue weighted by molar-refractivity contribution is 0.477. The highest BCUT2D eigenvalue weighted by molar-refractivity contribution is 5.88. The Morgan fingerprint density at radius 3 is 2.07 bits per heavy atom. The second kappa shape index (κ2) is 6.24. The smallest absolute Gasteiger partial charge is 0.123 e. The van der Waals surface area contributed by atoms with Crippen LogP contribution >= 0.6 is 0 Å². The van der Waals surface area contributed by atoms with E-state index >= 15 is 0 Å². The van der Waals surface area contributed by atoms with Crippen LogP contribution in [-0.2, 0) is 17.3 Å². The van der Waals surface area contributed by atoms with E-state index in [2.05, 4.69) is 71.9 Å². The maximum atomic E-state index is 10.7. The molecule has 0 atom stereocenters. The summed E-state index contributed by atoms with van der Waals surface area (Å²) in [7, 11) is 0. The Labute approximate surface area is 169 Å². The third-order valence-electron chi connectivity index (χ3n) is 5.93. The summed E-state index contributed by atoms with van der Waals surface area (Å²) in [5.74, 6) is 0.354. The Kier molecular flexibility index (Phi) is 4.19. The van der Waals surface area contributed by atoms with Gasteiger partial charge >= 0.3 is 0 Å². The van der Waals surface area contributed by atoms with Gasteiger partial charge in [-0.25, -0.2) is 0 Å². The first-order valence-electron chi connectivity index (χ1n) is 10.2. The molecule has 3 aromatic rings. The third kappa shape index (κ3) is 3.03. The Morgan fingerprint density at radius 2 is 1.43 bits per heavy atom. The zero-order valence-electron chi connectivity index (χ0n) is 17.9. The van der Waals surface area contributed by atoms with Crippen LogP contribution in [0.15, 0.2) is 54.6 Å². The molecule has 0 aromatic heterocycles. The molecule has 1 nitrogen and oxygen atoms in total. The second-order valence-electron chi connectivity index (χ2n) is 10.1. The summed E-state index contributed by atoms with van der Waals surface area (Å²) >= 11 is 0. The van der Waals surface area contributed by atoms with Crippen molar-refractivity contribution in [3.05, 3.63) is 76.9 Å². The Morgan fingerprint density at radius 1 is 0.714 bits per heavy atom. The van der Waals surface area contributed by atoms with Gasteiger partial charge in [0.15, 0.2) is 0 Å². The molecule has 0 saturated carbocycles. The first-order chi connectivity index (χ1) is 13.1. The van der Waals surface area contributed by atoms with Gasteiger partial charge in [0.2, 0.25) is 0 Å². The molecule has 0 aliphatic heterocycles. The zero-order valence-corrected chi connectivity index (χ0v) is 17.9. The van der Waals surface area contributed by atoms with Gasteiger partial charge in [-0.15, -0.1) is 0 Å². The van der Waals surface area contributed by atoms with Gasteiger partial charge in [0.1, 0.15) is 5.75 Å². The molecule has 0 amide bonds. The summed E-state index contributed by atoms with van der Waals surface area (Å²) in [5, 5.41) is 10.7. The number of hydrogen-bond acceptors (Lipinski definition) is 1. The topological polar surface area (TPSA) is 20.2 Å². The van der Waals surface area contributed by atoms with Crippen LogP contribution in [-0.4, -0.2) is 5.11 Å². The summed E-state index contributed by atoms with van der Waals surface area (Å²) in [6.07, 6.45) is 0.919. The van der Waals surface area contributed by atoms with E-state index in [0.29, 0.717) is 5.75 Å². The SMILES string of the molecule is CC(C)(C)c1ccc2c(c1)-c1ccc(C(C)(C)C)c(-c3ccccc3O)c1C2. The highest BCUT2D eigenvalue weighted by Crippen LogP contribution is 2.48. The average Bonchev–Trinajstić information content (AvgIpc) is 2.98. The van der Waals surface area contributed by atoms with Gasteiger partial charge in [0.25, 0.3) is 0 Å². The molecule has 0 radical (unpaired) electrons. The molecule has 144 valence electrons.